The summed E-state index contributed by atoms with van der Waals surface area (Å²) in [5, 5.41) is 76.2. The van der Waals surface area contributed by atoms with Crippen LogP contribution in [0.15, 0.2) is 122 Å². The van der Waals surface area contributed by atoms with Crippen molar-refractivity contribution >= 4 is 55.8 Å². The van der Waals surface area contributed by atoms with Gasteiger partial charge < -0.3 is 68.8 Å². The summed E-state index contributed by atoms with van der Waals surface area (Å²) in [5.74, 6) is -1.05. The molecule has 7 heterocycles. The van der Waals surface area contributed by atoms with Gasteiger partial charge in [0.25, 0.3) is 5.69 Å². The third-order valence-corrected chi connectivity index (χ3v) is 24.7. The lowest BCUT2D eigenvalue weighted by Crippen LogP contribution is -2.46. The summed E-state index contributed by atoms with van der Waals surface area (Å²) in [6.45, 7) is 10.2. The molecule has 7 aromatic rings. The van der Waals surface area contributed by atoms with Gasteiger partial charge in [-0.1, -0.05) is 243 Å². The molecule has 3 saturated heterocycles. The Kier molecular flexibility index (Phi) is 40.5. The van der Waals surface area contributed by atoms with Gasteiger partial charge in [-0.2, -0.15) is 30.9 Å². The van der Waals surface area contributed by atoms with E-state index in [9.17, 15) is 54.7 Å². The van der Waals surface area contributed by atoms with Crippen molar-refractivity contribution < 1.29 is 85.5 Å². The molecule has 3 aliphatic rings. The quantitative estimate of drug-likeness (QED) is 0.00612. The number of nitriles is 2. The number of nitro groups is 1. The summed E-state index contributed by atoms with van der Waals surface area (Å²) in [6.07, 6.45) is 36.2. The van der Waals surface area contributed by atoms with Crippen LogP contribution in [0.3, 0.4) is 0 Å². The fourth-order valence-electron chi connectivity index (χ4n) is 14.7. The molecule has 664 valence electrons. The molecule has 12 atom stereocenters. The van der Waals surface area contributed by atoms with Gasteiger partial charge in [0.05, 0.1) is 36.1 Å². The predicted octanol–water partition coefficient (Wildman–Crippen LogP) is 17.5. The number of para-hydroxylation sites is 2. The molecule has 3 aliphatic heterocycles. The monoisotopic (exact) mass is 1720 g/mol. The highest BCUT2D eigenvalue weighted by atomic mass is 31.2. The van der Waals surface area contributed by atoms with Crippen LogP contribution >= 0.6 is 15.5 Å². The second-order valence-electron chi connectivity index (χ2n) is 31.7. The van der Waals surface area contributed by atoms with E-state index in [1.54, 1.807) is 103 Å². The Morgan fingerprint density at radius 2 is 0.909 bits per heavy atom. The zero-order chi connectivity index (χ0) is 87.1. The van der Waals surface area contributed by atoms with E-state index in [1.165, 1.54) is 216 Å². The molecule has 2 unspecified atom stereocenters. The number of nitrogen functional groups attached to an aromatic ring is 2. The smallest absolute Gasteiger partial charge is 0.465 e. The third kappa shape index (κ3) is 30.1. The van der Waals surface area contributed by atoms with Gasteiger partial charge in [-0.05, 0) is 101 Å². The van der Waals surface area contributed by atoms with Crippen molar-refractivity contribution in [1.82, 2.24) is 39.4 Å². The summed E-state index contributed by atoms with van der Waals surface area (Å²) in [4.78, 5) is 43.8. The summed E-state index contributed by atoms with van der Waals surface area (Å²) in [6, 6.07) is 30.2. The van der Waals surface area contributed by atoms with Crippen molar-refractivity contribution in [2.45, 2.75) is 313 Å². The van der Waals surface area contributed by atoms with Crippen LogP contribution in [0.2, 0.25) is 0 Å². The van der Waals surface area contributed by atoms with E-state index in [2.05, 4.69) is 44.2 Å². The number of rotatable bonds is 53. The molecule has 0 bridgehead atoms. The molecule has 9 N–H and O–H groups in total. The molecule has 0 aliphatic carbocycles. The Labute approximate surface area is 711 Å². The van der Waals surface area contributed by atoms with Crippen LogP contribution in [-0.2, 0) is 51.7 Å². The maximum Gasteiger partial charge on any atom is 0.513 e. The van der Waals surface area contributed by atoms with E-state index in [0.29, 0.717) is 34.7 Å². The van der Waals surface area contributed by atoms with Gasteiger partial charge >= 0.3 is 27.4 Å². The number of carbonyl (C=O) groups is 2. The number of hydrogen-bond acceptors (Lipinski definition) is 27. The molecule has 10 rings (SSSR count). The minimum Gasteiger partial charge on any atom is -0.465 e. The molecule has 32 nitrogen and oxygen atoms in total. The molecular formula is C87H127N13O19P2. The minimum atomic E-state index is -4.43. The lowest BCUT2D eigenvalue weighted by Gasteiger charge is -2.28. The molecule has 0 radical (unpaired) electrons. The summed E-state index contributed by atoms with van der Waals surface area (Å²) in [5.41, 5.74) is 10.0. The second-order valence-corrected chi connectivity index (χ2v) is 35.0. The Balaban J connectivity index is 0.000000241. The van der Waals surface area contributed by atoms with E-state index >= 15 is 0 Å². The zero-order valence-corrected chi connectivity index (χ0v) is 72.9. The Bertz CT molecular complexity index is 4440. The average Bonchev–Trinajstić information content (AvgIpc) is 1.58. The van der Waals surface area contributed by atoms with Crippen LogP contribution in [-0.4, -0.2) is 141 Å². The number of benzene rings is 3. The number of anilines is 2. The fourth-order valence-corrected chi connectivity index (χ4v) is 17.7. The predicted molar refractivity (Wildman–Crippen MR) is 457 cm³/mol. The van der Waals surface area contributed by atoms with Gasteiger partial charge in [-0.3, -0.25) is 24.2 Å². The van der Waals surface area contributed by atoms with Crippen LogP contribution < -0.4 is 35.2 Å². The summed E-state index contributed by atoms with van der Waals surface area (Å²) < 4.78 is 87.9. The van der Waals surface area contributed by atoms with E-state index in [4.69, 9.17) is 58.0 Å². The van der Waals surface area contributed by atoms with Gasteiger partial charge in [0.15, 0.2) is 17.4 Å². The number of nitrogens with two attached hydrogens (primary N) is 2. The maximum absolute atomic E-state index is 14.1. The molecule has 34 heteroatoms. The first-order valence-corrected chi connectivity index (χ1v) is 46.3. The second kappa shape index (κ2) is 50.1. The molecule has 3 aromatic carbocycles. The van der Waals surface area contributed by atoms with Crippen molar-refractivity contribution in [1.29, 1.82) is 10.5 Å². The molecule has 121 heavy (non-hydrogen) atoms. The topological polar surface area (TPSA) is 448 Å². The first-order valence-electron chi connectivity index (χ1n) is 43.2. The Hall–Kier alpha value is -8.72. The van der Waals surface area contributed by atoms with E-state index in [-0.39, 0.29) is 42.0 Å². The van der Waals surface area contributed by atoms with Crippen LogP contribution in [0.1, 0.15) is 271 Å². The van der Waals surface area contributed by atoms with Crippen LogP contribution in [0.4, 0.5) is 17.3 Å². The fraction of sp³-hybridized carbons (Fsp3) is 0.609. The highest BCUT2D eigenvalue weighted by Crippen LogP contribution is 2.52. The number of aliphatic hydroxyl groups is 3. The Morgan fingerprint density at radius 3 is 1.31 bits per heavy atom. The van der Waals surface area contributed by atoms with Gasteiger partial charge in [0.2, 0.25) is 11.2 Å². The first-order chi connectivity index (χ1) is 58.4. The molecule has 0 saturated carbocycles. The average molecular weight is 1720 g/mol. The molecule has 0 spiro atoms. The van der Waals surface area contributed by atoms with Crippen LogP contribution in [0.5, 0.6) is 17.2 Å². The lowest BCUT2D eigenvalue weighted by atomic mass is 9.96. The number of aliphatic hydroxyl groups excluding tert-OH is 3. The molecule has 4 aromatic heterocycles. The number of fused-ring (bicyclic) bond motifs is 3. The standard InChI is InChI=1S/C39H59N6O8P.C33H51N2O7P.C15H17N5O4/c1-3-4-5-6-7-8-9-10-11-12-13-14-15-16-17-21-26-50-38(48)30(2)44-54(49,53-31-22-19-18-20-23-31)51-28-39(27-40)36(47)34(46)35(52-39)32-24-25-33-37(41)42-29-43-45(32)33;1-3-4-5-6-7-8-9-10-11-12-13-14-15-16-17-21-28-40-33(36)29(2)34-43(39,41-31-22-19-18-20-23-31)42-32-26-24-30(25-27-32)35(37)38;1-14(2)22-11-10(23-15(5-16,6-21)12(11)24-14)8-3-4-9-13(17)18-7-19-20(8)9/h18-20,22-25,29-30,34-36,46-47H,3-17,21,26,28H2,1-2H3,(H,44,49)(H2,41,42,43);18-20,22-27,29H,3-17,21,28H2,1-2H3,(H,34,39);3-4,7,10-12,21H,6H2,1-2H3,(H2,17,18,19)/t30-,34-,35-,36-,39+,54?;29-,43?;10-,11-,12-,15+/m000/s1. The number of nitrogens with one attached hydrogen (secondary N) is 2. The van der Waals surface area contributed by atoms with E-state index < -0.39 is 111 Å². The van der Waals surface area contributed by atoms with Crippen molar-refractivity contribution in [3.05, 3.63) is 143 Å². The maximum atomic E-state index is 14.1. The van der Waals surface area contributed by atoms with Gasteiger partial charge in [-0.25, -0.2) is 28.1 Å². The zero-order valence-electron chi connectivity index (χ0n) is 71.1. The number of esters is 2. The number of aromatic nitrogens is 6. The molecular weight excluding hydrogens is 1590 g/mol. The van der Waals surface area contributed by atoms with Crippen molar-refractivity contribution in [2.75, 3.05) is 37.9 Å². The summed E-state index contributed by atoms with van der Waals surface area (Å²) >= 11 is 0. The number of non-ortho nitro benzene ring substituents is 1. The molecule has 0 amide bonds. The highest BCUT2D eigenvalue weighted by molar-refractivity contribution is 7.52. The molecule has 3 fully saturated rings. The SMILES string of the molecule is CC1(C)O[C@H]2[C@H](c3ccc4c(N)ncnn34)O[C@](C#N)(CO)[C@H]2O1.CCCCCCCCCCCCCCCCCCOC(=O)[C@H](C)NP(=O)(OC[C@@]1(C#N)O[C@@H](c2ccc3c(N)ncnn23)[C@H](O)[C@@H]1O)Oc1ccccc1.CCCCCCCCCCCCCCCCCCOC(=O)[C@H](C)NP(=O)(Oc1ccccc1)Oc1ccc([N+](=O)[O-])cc1. The first kappa shape index (κ1) is 97.7. The number of carbonyl (C=O) groups excluding carboxylic acids is 2. The van der Waals surface area contributed by atoms with Gasteiger partial charge in [0.1, 0.15) is 108 Å². The minimum absolute atomic E-state index is 0.0890. The Morgan fingerprint density at radius 1 is 0.537 bits per heavy atom. The van der Waals surface area contributed by atoms with E-state index in [0.717, 1.165) is 38.5 Å². The third-order valence-electron chi connectivity index (χ3n) is 21.4. The summed E-state index contributed by atoms with van der Waals surface area (Å²) in [7, 11) is -8.54. The van der Waals surface area contributed by atoms with Crippen molar-refractivity contribution in [3.8, 4) is 29.4 Å². The number of unbranched alkanes of at least 4 members (excludes halogenated alkanes) is 30. The lowest BCUT2D eigenvalue weighted by molar-refractivity contribution is -0.384. The number of nitro benzene ring substituents is 1. The highest BCUT2D eigenvalue weighted by Gasteiger charge is 2.64. The number of nitrogens with zero attached hydrogens (tertiary/aromatic N) is 9. The van der Waals surface area contributed by atoms with Crippen LogP contribution in [0, 0.1) is 32.8 Å². The van der Waals surface area contributed by atoms with Crippen molar-refractivity contribution in [3.63, 3.8) is 0 Å². The van der Waals surface area contributed by atoms with Crippen LogP contribution in [0.25, 0.3) is 11.0 Å². The largest absolute Gasteiger partial charge is 0.513 e. The number of ether oxygens (including phenoxy) is 6. The van der Waals surface area contributed by atoms with Gasteiger partial charge in [-0.15, -0.1) is 0 Å². The van der Waals surface area contributed by atoms with Crippen molar-refractivity contribution in [2.24, 2.45) is 0 Å². The van der Waals surface area contributed by atoms with Gasteiger partial charge in [0, 0.05) is 12.1 Å². The normalized spacial score (nSPS) is 21.0. The number of hydrogen-bond donors (Lipinski definition) is 7. The van der Waals surface area contributed by atoms with E-state index in [1.807, 2.05) is 12.1 Å².